The van der Waals surface area contributed by atoms with Crippen molar-refractivity contribution >= 4 is 11.8 Å². The quantitative estimate of drug-likeness (QED) is 0.651. The summed E-state index contributed by atoms with van der Waals surface area (Å²) in [5.74, 6) is 0.243. The molecule has 1 heterocycles. The van der Waals surface area contributed by atoms with Crippen molar-refractivity contribution in [3.8, 4) is 17.1 Å². The third kappa shape index (κ3) is 3.68. The molecule has 3 aromatic rings. The van der Waals surface area contributed by atoms with Crippen LogP contribution in [0.4, 0.5) is 8.78 Å². The maximum absolute atomic E-state index is 13.1. The molecule has 23 heavy (non-hydrogen) atoms. The molecule has 0 atom stereocenters. The van der Waals surface area contributed by atoms with Crippen LogP contribution in [0, 0.1) is 11.6 Å². The van der Waals surface area contributed by atoms with Crippen LogP contribution in [0.5, 0.6) is 5.75 Å². The normalized spacial score (nSPS) is 10.7. The number of hydrogen-bond donors (Lipinski definition) is 0. The predicted molar refractivity (Wildman–Crippen MR) is 82.2 cm³/mol. The van der Waals surface area contributed by atoms with Gasteiger partial charge in [-0.15, -0.1) is 11.8 Å². The third-order valence-electron chi connectivity index (χ3n) is 3.07. The monoisotopic (exact) mass is 334 g/mol. The summed E-state index contributed by atoms with van der Waals surface area (Å²) in [6.07, 6.45) is 0. The third-order valence-corrected chi connectivity index (χ3v) is 4.05. The predicted octanol–water partition coefficient (Wildman–Crippen LogP) is 4.32. The van der Waals surface area contributed by atoms with E-state index in [1.165, 1.54) is 17.8 Å². The summed E-state index contributed by atoms with van der Waals surface area (Å²) < 4.78 is 36.3. The second-order valence-electron chi connectivity index (χ2n) is 4.60. The molecule has 0 bridgehead atoms. The Kier molecular flexibility index (Phi) is 4.57. The van der Waals surface area contributed by atoms with Crippen LogP contribution in [0.25, 0.3) is 11.4 Å². The summed E-state index contributed by atoms with van der Waals surface area (Å²) in [5.41, 5.74) is 0.804. The van der Waals surface area contributed by atoms with Gasteiger partial charge in [-0.1, -0.05) is 5.16 Å². The zero-order valence-electron chi connectivity index (χ0n) is 12.1. The minimum atomic E-state index is -0.876. The molecule has 0 amide bonds. The van der Waals surface area contributed by atoms with E-state index in [0.29, 0.717) is 22.4 Å². The molecule has 0 radical (unpaired) electrons. The van der Waals surface area contributed by atoms with Crippen LogP contribution in [0.15, 0.2) is 51.9 Å². The summed E-state index contributed by atoms with van der Waals surface area (Å²) in [6, 6.07) is 11.0. The van der Waals surface area contributed by atoms with E-state index in [0.717, 1.165) is 23.4 Å². The average Bonchev–Trinajstić information content (AvgIpc) is 3.05. The largest absolute Gasteiger partial charge is 0.497 e. The smallest absolute Gasteiger partial charge is 0.237 e. The Balaban J connectivity index is 1.67. The van der Waals surface area contributed by atoms with E-state index in [1.807, 2.05) is 12.1 Å². The van der Waals surface area contributed by atoms with Gasteiger partial charge in [0.1, 0.15) is 5.75 Å². The van der Waals surface area contributed by atoms with E-state index >= 15 is 0 Å². The van der Waals surface area contributed by atoms with Gasteiger partial charge >= 0.3 is 0 Å². The molecular weight excluding hydrogens is 322 g/mol. The molecule has 0 saturated carbocycles. The Hall–Kier alpha value is -2.41. The summed E-state index contributed by atoms with van der Waals surface area (Å²) in [7, 11) is 1.59. The minimum Gasteiger partial charge on any atom is -0.497 e. The number of nitrogens with zero attached hydrogens (tertiary/aromatic N) is 2. The van der Waals surface area contributed by atoms with Gasteiger partial charge in [0.15, 0.2) is 11.6 Å². The molecule has 0 aliphatic rings. The molecule has 0 N–H and O–H groups in total. The molecular formula is C16H12F2N2O2S. The van der Waals surface area contributed by atoms with E-state index in [-0.39, 0.29) is 0 Å². The lowest BCUT2D eigenvalue weighted by Gasteiger charge is -1.99. The number of methoxy groups -OCH3 is 1. The summed E-state index contributed by atoms with van der Waals surface area (Å²) in [6.45, 7) is 0. The van der Waals surface area contributed by atoms with Gasteiger partial charge in [-0.05, 0) is 42.5 Å². The zero-order chi connectivity index (χ0) is 16.2. The lowest BCUT2D eigenvalue weighted by molar-refractivity contribution is 0.391. The van der Waals surface area contributed by atoms with Crippen molar-refractivity contribution in [1.82, 2.24) is 10.1 Å². The summed E-state index contributed by atoms with van der Waals surface area (Å²) in [4.78, 5) is 4.87. The standard InChI is InChI=1S/C16H12F2N2O2S/c1-21-11-4-2-10(3-5-11)16-19-15(22-20-16)9-23-12-6-7-13(17)14(18)8-12/h2-8H,9H2,1H3. The van der Waals surface area contributed by atoms with Gasteiger partial charge in [-0.2, -0.15) is 4.98 Å². The van der Waals surface area contributed by atoms with Crippen LogP contribution in [0.2, 0.25) is 0 Å². The lowest BCUT2D eigenvalue weighted by atomic mass is 10.2. The highest BCUT2D eigenvalue weighted by Gasteiger charge is 2.10. The first kappa shape index (κ1) is 15.5. The maximum Gasteiger partial charge on any atom is 0.237 e. The Morgan fingerprint density at radius 2 is 1.87 bits per heavy atom. The number of thioether (sulfide) groups is 1. The first-order valence-electron chi connectivity index (χ1n) is 6.70. The van der Waals surface area contributed by atoms with Crippen LogP contribution < -0.4 is 4.74 Å². The number of ether oxygens (including phenoxy) is 1. The van der Waals surface area contributed by atoms with Gasteiger partial charge in [-0.3, -0.25) is 0 Å². The minimum absolute atomic E-state index is 0.369. The van der Waals surface area contributed by atoms with Crippen molar-refractivity contribution in [3.05, 3.63) is 60.0 Å². The van der Waals surface area contributed by atoms with E-state index in [2.05, 4.69) is 10.1 Å². The molecule has 0 spiro atoms. The van der Waals surface area contributed by atoms with Crippen LogP contribution >= 0.6 is 11.8 Å². The van der Waals surface area contributed by atoms with E-state index < -0.39 is 11.6 Å². The summed E-state index contributed by atoms with van der Waals surface area (Å²) >= 11 is 1.29. The zero-order valence-corrected chi connectivity index (χ0v) is 12.9. The number of benzene rings is 2. The van der Waals surface area contributed by atoms with Crippen LogP contribution in [0.1, 0.15) is 5.89 Å². The highest BCUT2D eigenvalue weighted by molar-refractivity contribution is 7.98. The SMILES string of the molecule is COc1ccc(-c2noc(CSc3ccc(F)c(F)c3)n2)cc1. The highest BCUT2D eigenvalue weighted by atomic mass is 32.2. The van der Waals surface area contributed by atoms with E-state index in [1.54, 1.807) is 19.2 Å². The van der Waals surface area contributed by atoms with Gasteiger partial charge < -0.3 is 9.26 Å². The number of hydrogen-bond acceptors (Lipinski definition) is 5. The van der Waals surface area contributed by atoms with Gasteiger partial charge in [-0.25, -0.2) is 8.78 Å². The Labute approximate surface area is 135 Å². The summed E-state index contributed by atoms with van der Waals surface area (Å²) in [5, 5.41) is 3.91. The fourth-order valence-electron chi connectivity index (χ4n) is 1.88. The molecule has 0 aliphatic heterocycles. The first-order chi connectivity index (χ1) is 11.2. The fraction of sp³-hybridized carbons (Fsp3) is 0.125. The molecule has 0 unspecified atom stereocenters. The second kappa shape index (κ2) is 6.78. The van der Waals surface area contributed by atoms with Crippen molar-refractivity contribution < 1.29 is 18.0 Å². The Bertz CT molecular complexity index is 806. The van der Waals surface area contributed by atoms with Gasteiger partial charge in [0.25, 0.3) is 0 Å². The van der Waals surface area contributed by atoms with Crippen molar-refractivity contribution in [3.63, 3.8) is 0 Å². The molecule has 4 nitrogen and oxygen atoms in total. The average molecular weight is 334 g/mol. The van der Waals surface area contributed by atoms with Gasteiger partial charge in [0, 0.05) is 10.5 Å². The molecule has 7 heteroatoms. The molecule has 1 aromatic heterocycles. The Morgan fingerprint density at radius 1 is 1.09 bits per heavy atom. The van der Waals surface area contributed by atoms with Crippen molar-refractivity contribution in [1.29, 1.82) is 0 Å². The fourth-order valence-corrected chi connectivity index (χ4v) is 2.64. The van der Waals surface area contributed by atoms with Gasteiger partial charge in [0.2, 0.25) is 11.7 Å². The number of rotatable bonds is 5. The van der Waals surface area contributed by atoms with Crippen LogP contribution in [0.3, 0.4) is 0 Å². The van der Waals surface area contributed by atoms with Crippen molar-refractivity contribution in [2.45, 2.75) is 10.6 Å². The topological polar surface area (TPSA) is 48.2 Å². The molecule has 0 saturated heterocycles. The van der Waals surface area contributed by atoms with Crippen molar-refractivity contribution in [2.75, 3.05) is 7.11 Å². The molecule has 0 fully saturated rings. The molecule has 118 valence electrons. The lowest BCUT2D eigenvalue weighted by Crippen LogP contribution is -1.86. The van der Waals surface area contributed by atoms with Crippen LogP contribution in [-0.2, 0) is 5.75 Å². The van der Waals surface area contributed by atoms with Crippen molar-refractivity contribution in [2.24, 2.45) is 0 Å². The van der Waals surface area contributed by atoms with Crippen LogP contribution in [-0.4, -0.2) is 17.3 Å². The number of aromatic nitrogens is 2. The first-order valence-corrected chi connectivity index (χ1v) is 7.69. The second-order valence-corrected chi connectivity index (χ2v) is 5.65. The Morgan fingerprint density at radius 3 is 2.57 bits per heavy atom. The molecule has 3 rings (SSSR count). The highest BCUT2D eigenvalue weighted by Crippen LogP contribution is 2.25. The molecule has 2 aromatic carbocycles. The maximum atomic E-state index is 13.1. The molecule has 0 aliphatic carbocycles. The van der Waals surface area contributed by atoms with Gasteiger partial charge in [0.05, 0.1) is 12.9 Å². The number of halogens is 2. The van der Waals surface area contributed by atoms with E-state index in [4.69, 9.17) is 9.26 Å². The van der Waals surface area contributed by atoms with E-state index in [9.17, 15) is 8.78 Å².